The van der Waals surface area contributed by atoms with Crippen molar-refractivity contribution in [3.63, 3.8) is 0 Å². The van der Waals surface area contributed by atoms with E-state index >= 15 is 0 Å². The zero-order valence-corrected chi connectivity index (χ0v) is 10.6. The lowest BCUT2D eigenvalue weighted by Gasteiger charge is -2.36. The Balaban J connectivity index is 1.96. The van der Waals surface area contributed by atoms with E-state index in [1.807, 2.05) is 0 Å². The number of para-hydroxylation sites is 2. The smallest absolute Gasteiger partial charge is 0.0715 e. The summed E-state index contributed by atoms with van der Waals surface area (Å²) in [6, 6.07) is 19.8. The first kappa shape index (κ1) is 11.1. The average molecular weight is 238 g/mol. The van der Waals surface area contributed by atoms with Crippen LogP contribution in [-0.2, 0) is 0 Å². The van der Waals surface area contributed by atoms with Crippen LogP contribution in [0.4, 0.5) is 11.4 Å². The summed E-state index contributed by atoms with van der Waals surface area (Å²) in [7, 11) is 0. The van der Waals surface area contributed by atoms with Gasteiger partial charge in [0.15, 0.2) is 0 Å². The molecule has 0 unspecified atom stereocenters. The highest BCUT2D eigenvalue weighted by Gasteiger charge is 2.26. The zero-order valence-electron chi connectivity index (χ0n) is 10.6. The number of rotatable bonds is 2. The second kappa shape index (κ2) is 4.73. The molecule has 1 aliphatic rings. The van der Waals surface area contributed by atoms with Gasteiger partial charge < -0.3 is 10.6 Å². The van der Waals surface area contributed by atoms with Crippen LogP contribution >= 0.6 is 0 Å². The molecule has 2 N–H and O–H groups in total. The molecular weight excluding hydrogens is 220 g/mol. The Labute approximate surface area is 108 Å². The predicted octanol–water partition coefficient (Wildman–Crippen LogP) is 4.04. The van der Waals surface area contributed by atoms with Crippen LogP contribution in [0.2, 0.25) is 0 Å². The molecule has 0 aromatic heterocycles. The van der Waals surface area contributed by atoms with Crippen molar-refractivity contribution in [2.75, 3.05) is 10.6 Å². The number of benzene rings is 2. The van der Waals surface area contributed by atoms with Gasteiger partial charge in [0.25, 0.3) is 0 Å². The number of anilines is 2. The SMILES string of the molecule is CC[C@@H]1Nc2ccccc2N[C@@H]1c1ccccc1. The first-order chi connectivity index (χ1) is 8.88. The van der Waals surface area contributed by atoms with E-state index < -0.39 is 0 Å². The van der Waals surface area contributed by atoms with Gasteiger partial charge in [-0.1, -0.05) is 49.4 Å². The van der Waals surface area contributed by atoms with E-state index in [-0.39, 0.29) is 0 Å². The van der Waals surface area contributed by atoms with Crippen LogP contribution in [0.25, 0.3) is 0 Å². The van der Waals surface area contributed by atoms with Crippen molar-refractivity contribution in [3.8, 4) is 0 Å². The largest absolute Gasteiger partial charge is 0.378 e. The Hall–Kier alpha value is -1.96. The summed E-state index contributed by atoms with van der Waals surface area (Å²) in [5.74, 6) is 0. The molecule has 92 valence electrons. The minimum absolute atomic E-state index is 0.339. The fraction of sp³-hybridized carbons (Fsp3) is 0.250. The summed E-state index contributed by atoms with van der Waals surface area (Å²) in [4.78, 5) is 0. The summed E-state index contributed by atoms with van der Waals surface area (Å²) >= 11 is 0. The molecule has 0 amide bonds. The van der Waals surface area contributed by atoms with Gasteiger partial charge in [-0.15, -0.1) is 0 Å². The third kappa shape index (κ3) is 1.94. The van der Waals surface area contributed by atoms with Crippen molar-refractivity contribution in [1.29, 1.82) is 0 Å². The maximum atomic E-state index is 3.65. The van der Waals surface area contributed by atoms with Crippen LogP contribution in [-0.4, -0.2) is 6.04 Å². The summed E-state index contributed by atoms with van der Waals surface area (Å²) in [5, 5.41) is 7.28. The average Bonchev–Trinajstić information content (AvgIpc) is 2.46. The molecule has 2 heteroatoms. The fourth-order valence-corrected chi connectivity index (χ4v) is 2.60. The van der Waals surface area contributed by atoms with Crippen molar-refractivity contribution in [2.45, 2.75) is 25.4 Å². The van der Waals surface area contributed by atoms with E-state index in [0.29, 0.717) is 12.1 Å². The van der Waals surface area contributed by atoms with Crippen molar-refractivity contribution < 1.29 is 0 Å². The normalized spacial score (nSPS) is 21.6. The Bertz CT molecular complexity index is 522. The topological polar surface area (TPSA) is 24.1 Å². The highest BCUT2D eigenvalue weighted by Crippen LogP contribution is 2.35. The van der Waals surface area contributed by atoms with Crippen molar-refractivity contribution in [2.24, 2.45) is 0 Å². The highest BCUT2D eigenvalue weighted by molar-refractivity contribution is 5.72. The Morgan fingerprint density at radius 3 is 2.11 bits per heavy atom. The minimum Gasteiger partial charge on any atom is -0.378 e. The van der Waals surface area contributed by atoms with E-state index in [2.05, 4.69) is 72.2 Å². The minimum atomic E-state index is 0.339. The molecule has 0 radical (unpaired) electrons. The lowest BCUT2D eigenvalue weighted by molar-refractivity contribution is 0.586. The molecule has 3 rings (SSSR count). The monoisotopic (exact) mass is 238 g/mol. The molecule has 18 heavy (non-hydrogen) atoms. The first-order valence-corrected chi connectivity index (χ1v) is 6.55. The lowest BCUT2D eigenvalue weighted by Crippen LogP contribution is -2.36. The lowest BCUT2D eigenvalue weighted by atomic mass is 9.94. The Morgan fingerprint density at radius 2 is 1.44 bits per heavy atom. The van der Waals surface area contributed by atoms with Crippen LogP contribution in [0.15, 0.2) is 54.6 Å². The summed E-state index contributed by atoms with van der Waals surface area (Å²) in [6.45, 7) is 2.23. The molecule has 1 heterocycles. The molecule has 0 aliphatic carbocycles. The van der Waals surface area contributed by atoms with Gasteiger partial charge >= 0.3 is 0 Å². The third-order valence-electron chi connectivity index (χ3n) is 3.58. The highest BCUT2D eigenvalue weighted by atomic mass is 15.1. The standard InChI is InChI=1S/C16H18N2/c1-2-13-16(12-8-4-3-5-9-12)18-15-11-7-6-10-14(15)17-13/h3-11,13,16-18H,2H2,1H3/t13-,16+/m0/s1. The summed E-state index contributed by atoms with van der Waals surface area (Å²) < 4.78 is 0. The molecule has 0 bridgehead atoms. The maximum Gasteiger partial charge on any atom is 0.0715 e. The molecule has 1 aliphatic heterocycles. The van der Waals surface area contributed by atoms with Gasteiger partial charge in [0, 0.05) is 0 Å². The van der Waals surface area contributed by atoms with Gasteiger partial charge in [-0.25, -0.2) is 0 Å². The molecular formula is C16H18N2. The molecule has 2 aromatic carbocycles. The van der Waals surface area contributed by atoms with Gasteiger partial charge in [0.1, 0.15) is 0 Å². The van der Waals surface area contributed by atoms with Crippen molar-refractivity contribution in [1.82, 2.24) is 0 Å². The molecule has 0 saturated heterocycles. The number of fused-ring (bicyclic) bond motifs is 1. The van der Waals surface area contributed by atoms with E-state index in [0.717, 1.165) is 6.42 Å². The quantitative estimate of drug-likeness (QED) is 0.825. The second-order valence-corrected chi connectivity index (χ2v) is 4.74. The van der Waals surface area contributed by atoms with Crippen LogP contribution in [0.1, 0.15) is 24.9 Å². The predicted molar refractivity (Wildman–Crippen MR) is 76.9 cm³/mol. The van der Waals surface area contributed by atoms with Crippen molar-refractivity contribution >= 4 is 11.4 Å². The first-order valence-electron chi connectivity index (χ1n) is 6.55. The summed E-state index contributed by atoms with van der Waals surface area (Å²) in [6.07, 6.45) is 1.10. The molecule has 0 saturated carbocycles. The number of hydrogen-bond acceptors (Lipinski definition) is 2. The zero-order chi connectivity index (χ0) is 12.4. The van der Waals surface area contributed by atoms with Gasteiger partial charge in [-0.2, -0.15) is 0 Å². The molecule has 0 fully saturated rings. The third-order valence-corrected chi connectivity index (χ3v) is 3.58. The molecule has 2 aromatic rings. The van der Waals surface area contributed by atoms with E-state index in [4.69, 9.17) is 0 Å². The van der Waals surface area contributed by atoms with Crippen LogP contribution in [0, 0.1) is 0 Å². The van der Waals surface area contributed by atoms with E-state index in [9.17, 15) is 0 Å². The van der Waals surface area contributed by atoms with E-state index in [1.54, 1.807) is 0 Å². The fourth-order valence-electron chi connectivity index (χ4n) is 2.60. The number of nitrogens with one attached hydrogen (secondary N) is 2. The van der Waals surface area contributed by atoms with Gasteiger partial charge in [0.05, 0.1) is 23.5 Å². The van der Waals surface area contributed by atoms with Crippen LogP contribution < -0.4 is 10.6 Å². The Kier molecular flexibility index (Phi) is 2.93. The van der Waals surface area contributed by atoms with Crippen LogP contribution in [0.3, 0.4) is 0 Å². The summed E-state index contributed by atoms with van der Waals surface area (Å²) in [5.41, 5.74) is 3.74. The van der Waals surface area contributed by atoms with E-state index in [1.165, 1.54) is 16.9 Å². The maximum absolute atomic E-state index is 3.65. The molecule has 2 nitrogen and oxygen atoms in total. The second-order valence-electron chi connectivity index (χ2n) is 4.74. The van der Waals surface area contributed by atoms with Crippen LogP contribution in [0.5, 0.6) is 0 Å². The molecule has 0 spiro atoms. The van der Waals surface area contributed by atoms with Crippen molar-refractivity contribution in [3.05, 3.63) is 60.2 Å². The van der Waals surface area contributed by atoms with Gasteiger partial charge in [-0.3, -0.25) is 0 Å². The Morgan fingerprint density at radius 1 is 0.833 bits per heavy atom. The van der Waals surface area contributed by atoms with Gasteiger partial charge in [0.2, 0.25) is 0 Å². The molecule has 2 atom stereocenters. The number of hydrogen-bond donors (Lipinski definition) is 2. The van der Waals surface area contributed by atoms with Gasteiger partial charge in [-0.05, 0) is 24.1 Å².